The largest absolute Gasteiger partial charge is 0.333 e. The highest BCUT2D eigenvalue weighted by atomic mass is 15.1. The molecule has 0 unspecified atom stereocenters. The van der Waals surface area contributed by atoms with E-state index in [1.807, 2.05) is 18.0 Å². The summed E-state index contributed by atoms with van der Waals surface area (Å²) in [5.74, 6) is 0.716. The molecule has 2 heteroatoms. The lowest BCUT2D eigenvalue weighted by Gasteiger charge is -2.27. The van der Waals surface area contributed by atoms with Gasteiger partial charge in [-0.1, -0.05) is 18.2 Å². The maximum absolute atomic E-state index is 7.65. The summed E-state index contributed by atoms with van der Waals surface area (Å²) in [7, 11) is 1.96. The summed E-state index contributed by atoms with van der Waals surface area (Å²) >= 11 is 0. The molecule has 0 fully saturated rings. The Bertz CT molecular complexity index is 317. The fourth-order valence-electron chi connectivity index (χ4n) is 1.62. The number of amidine groups is 1. The van der Waals surface area contributed by atoms with Gasteiger partial charge in [0.25, 0.3) is 0 Å². The monoisotopic (exact) mass is 160 g/mol. The highest BCUT2D eigenvalue weighted by molar-refractivity contribution is 5.97. The van der Waals surface area contributed by atoms with Gasteiger partial charge in [-0.2, -0.15) is 0 Å². The maximum atomic E-state index is 7.65. The van der Waals surface area contributed by atoms with Crippen LogP contribution in [-0.2, 0) is 6.42 Å². The highest BCUT2D eigenvalue weighted by Crippen LogP contribution is 2.25. The van der Waals surface area contributed by atoms with Crippen LogP contribution in [0.15, 0.2) is 24.3 Å². The molecule has 62 valence electrons. The normalized spacial score (nSPS) is 16.1. The Morgan fingerprint density at radius 2 is 2.00 bits per heavy atom. The topological polar surface area (TPSA) is 27.1 Å². The van der Waals surface area contributed by atoms with E-state index in [0.717, 1.165) is 12.8 Å². The number of anilines is 1. The Labute approximate surface area is 72.3 Å². The smallest absolute Gasteiger partial charge is 0.100 e. The average Bonchev–Trinajstić information content (AvgIpc) is 2.12. The van der Waals surface area contributed by atoms with Gasteiger partial charge in [0.05, 0.1) is 0 Å². The number of fused-ring (bicyclic) bond motifs is 1. The van der Waals surface area contributed by atoms with Gasteiger partial charge in [0.2, 0.25) is 0 Å². The van der Waals surface area contributed by atoms with Crippen LogP contribution in [-0.4, -0.2) is 12.9 Å². The number of rotatable bonds is 0. The van der Waals surface area contributed by atoms with Crippen LogP contribution in [0.25, 0.3) is 0 Å². The van der Waals surface area contributed by atoms with E-state index in [4.69, 9.17) is 5.41 Å². The fraction of sp³-hybridized carbons (Fsp3) is 0.300. The quantitative estimate of drug-likeness (QED) is 0.617. The van der Waals surface area contributed by atoms with E-state index in [0.29, 0.717) is 5.84 Å². The van der Waals surface area contributed by atoms with E-state index >= 15 is 0 Å². The number of aryl methyl sites for hydroxylation is 1. The van der Waals surface area contributed by atoms with Crippen molar-refractivity contribution in [3.05, 3.63) is 29.8 Å². The number of hydrogen-bond donors (Lipinski definition) is 1. The van der Waals surface area contributed by atoms with Crippen molar-refractivity contribution in [2.45, 2.75) is 12.8 Å². The molecule has 0 aliphatic carbocycles. The van der Waals surface area contributed by atoms with Crippen molar-refractivity contribution in [1.82, 2.24) is 0 Å². The molecule has 0 saturated heterocycles. The van der Waals surface area contributed by atoms with Crippen molar-refractivity contribution in [1.29, 1.82) is 5.41 Å². The Balaban J connectivity index is 2.48. The lowest BCUT2D eigenvalue weighted by molar-refractivity contribution is 0.946. The lowest BCUT2D eigenvalue weighted by atomic mass is 10.0. The van der Waals surface area contributed by atoms with E-state index in [1.54, 1.807) is 0 Å². The molecule has 2 nitrogen and oxygen atoms in total. The zero-order chi connectivity index (χ0) is 8.55. The molecule has 1 aliphatic rings. The van der Waals surface area contributed by atoms with Crippen LogP contribution in [0.1, 0.15) is 12.0 Å². The summed E-state index contributed by atoms with van der Waals surface area (Å²) in [6.07, 6.45) is 1.88. The van der Waals surface area contributed by atoms with Crippen molar-refractivity contribution in [3.63, 3.8) is 0 Å². The van der Waals surface area contributed by atoms with Gasteiger partial charge in [0, 0.05) is 19.2 Å². The molecule has 0 aromatic heterocycles. The van der Waals surface area contributed by atoms with Gasteiger partial charge >= 0.3 is 0 Å². The van der Waals surface area contributed by atoms with Gasteiger partial charge in [-0.15, -0.1) is 0 Å². The Kier molecular flexibility index (Phi) is 1.61. The summed E-state index contributed by atoms with van der Waals surface area (Å²) < 4.78 is 0. The van der Waals surface area contributed by atoms with Gasteiger partial charge in [0.15, 0.2) is 0 Å². The molecule has 0 radical (unpaired) electrons. The predicted octanol–water partition coefficient (Wildman–Crippen LogP) is 2.05. The average molecular weight is 160 g/mol. The zero-order valence-electron chi connectivity index (χ0n) is 7.17. The molecular weight excluding hydrogens is 148 g/mol. The second-order valence-corrected chi connectivity index (χ2v) is 3.13. The Hall–Kier alpha value is -1.31. The molecule has 12 heavy (non-hydrogen) atoms. The number of benzene rings is 1. The van der Waals surface area contributed by atoms with Crippen LogP contribution in [0.2, 0.25) is 0 Å². The SMILES string of the molecule is CN1C(=N)CCc2ccccc21. The third kappa shape index (κ3) is 0.998. The summed E-state index contributed by atoms with van der Waals surface area (Å²) in [5.41, 5.74) is 2.55. The van der Waals surface area contributed by atoms with E-state index in [-0.39, 0.29) is 0 Å². The maximum Gasteiger partial charge on any atom is 0.100 e. The molecule has 1 heterocycles. The summed E-state index contributed by atoms with van der Waals surface area (Å²) in [4.78, 5) is 1.96. The zero-order valence-corrected chi connectivity index (χ0v) is 7.17. The molecule has 1 N–H and O–H groups in total. The third-order valence-corrected chi connectivity index (χ3v) is 2.39. The molecule has 1 aliphatic heterocycles. The van der Waals surface area contributed by atoms with Gasteiger partial charge in [-0.05, 0) is 18.1 Å². The third-order valence-electron chi connectivity index (χ3n) is 2.39. The highest BCUT2D eigenvalue weighted by Gasteiger charge is 2.16. The molecule has 0 bridgehead atoms. The van der Waals surface area contributed by atoms with Gasteiger partial charge in [-0.3, -0.25) is 5.41 Å². The van der Waals surface area contributed by atoms with E-state index in [9.17, 15) is 0 Å². The minimum absolute atomic E-state index is 0.716. The molecular formula is C10H12N2. The number of nitrogens with zero attached hydrogens (tertiary/aromatic N) is 1. The Morgan fingerprint density at radius 3 is 2.83 bits per heavy atom. The minimum Gasteiger partial charge on any atom is -0.333 e. The summed E-state index contributed by atoms with van der Waals surface area (Å²) in [5, 5.41) is 7.65. The molecule has 0 atom stereocenters. The number of nitrogens with one attached hydrogen (secondary N) is 1. The number of hydrogen-bond acceptors (Lipinski definition) is 1. The van der Waals surface area contributed by atoms with Gasteiger partial charge in [-0.25, -0.2) is 0 Å². The van der Waals surface area contributed by atoms with E-state index < -0.39 is 0 Å². The van der Waals surface area contributed by atoms with Crippen molar-refractivity contribution in [3.8, 4) is 0 Å². The van der Waals surface area contributed by atoms with Crippen LogP contribution < -0.4 is 4.90 Å². The molecule has 1 aromatic carbocycles. The van der Waals surface area contributed by atoms with Crippen molar-refractivity contribution in [2.75, 3.05) is 11.9 Å². The fourth-order valence-corrected chi connectivity index (χ4v) is 1.62. The van der Waals surface area contributed by atoms with Gasteiger partial charge < -0.3 is 4.90 Å². The van der Waals surface area contributed by atoms with Crippen LogP contribution in [0, 0.1) is 5.41 Å². The first-order chi connectivity index (χ1) is 5.79. The Morgan fingerprint density at radius 1 is 1.25 bits per heavy atom. The lowest BCUT2D eigenvalue weighted by Crippen LogP contribution is -2.30. The van der Waals surface area contributed by atoms with Crippen molar-refractivity contribution >= 4 is 11.5 Å². The molecule has 2 rings (SSSR count). The first-order valence-corrected chi connectivity index (χ1v) is 4.18. The predicted molar refractivity (Wildman–Crippen MR) is 50.9 cm³/mol. The second kappa shape index (κ2) is 2.63. The molecule has 1 aromatic rings. The van der Waals surface area contributed by atoms with Crippen LogP contribution in [0.4, 0.5) is 5.69 Å². The molecule has 0 spiro atoms. The van der Waals surface area contributed by atoms with Gasteiger partial charge in [0.1, 0.15) is 5.84 Å². The minimum atomic E-state index is 0.716. The number of para-hydroxylation sites is 1. The standard InChI is InChI=1S/C10H12N2/c1-12-9-5-3-2-4-8(9)6-7-10(12)11/h2-5,11H,6-7H2,1H3. The van der Waals surface area contributed by atoms with E-state index in [2.05, 4.69) is 18.2 Å². The second-order valence-electron chi connectivity index (χ2n) is 3.13. The first-order valence-electron chi connectivity index (χ1n) is 4.18. The summed E-state index contributed by atoms with van der Waals surface area (Å²) in [6.45, 7) is 0. The van der Waals surface area contributed by atoms with Crippen LogP contribution in [0.5, 0.6) is 0 Å². The first kappa shape index (κ1) is 7.35. The van der Waals surface area contributed by atoms with Crippen LogP contribution in [0.3, 0.4) is 0 Å². The van der Waals surface area contributed by atoms with Crippen molar-refractivity contribution in [2.24, 2.45) is 0 Å². The van der Waals surface area contributed by atoms with E-state index in [1.165, 1.54) is 11.3 Å². The van der Waals surface area contributed by atoms with Crippen LogP contribution >= 0.6 is 0 Å². The summed E-state index contributed by atoms with van der Waals surface area (Å²) in [6, 6.07) is 8.29. The molecule has 0 saturated carbocycles. The van der Waals surface area contributed by atoms with Crippen molar-refractivity contribution < 1.29 is 0 Å². The molecule has 0 amide bonds.